The summed E-state index contributed by atoms with van der Waals surface area (Å²) >= 11 is 0. The van der Waals surface area contributed by atoms with E-state index in [2.05, 4.69) is 10.0 Å². The Morgan fingerprint density at radius 1 is 1.24 bits per heavy atom. The van der Waals surface area contributed by atoms with Crippen molar-refractivity contribution in [3.8, 4) is 0 Å². The van der Waals surface area contributed by atoms with Crippen molar-refractivity contribution in [1.29, 1.82) is 0 Å². The van der Waals surface area contributed by atoms with Crippen molar-refractivity contribution in [2.24, 2.45) is 11.7 Å². The second-order valence-corrected chi connectivity index (χ2v) is 9.02. The van der Waals surface area contributed by atoms with Crippen LogP contribution in [0.1, 0.15) is 57.0 Å². The molecule has 1 saturated carbocycles. The average Bonchev–Trinajstić information content (AvgIpc) is 2.95. The molecule has 140 valence electrons. The predicted molar refractivity (Wildman–Crippen MR) is 91.2 cm³/mol. The highest BCUT2D eigenvalue weighted by Crippen LogP contribution is 2.24. The number of sulfonamides is 1. The Morgan fingerprint density at radius 3 is 2.52 bits per heavy atom. The fourth-order valence-electron chi connectivity index (χ4n) is 2.88. The molecular formula is C16H25N3O5S. The van der Waals surface area contributed by atoms with Crippen LogP contribution in [0, 0.1) is 5.92 Å². The Labute approximate surface area is 147 Å². The number of hydrogen-bond acceptors (Lipinski definition) is 5. The number of carbonyl (C=O) groups excluding carboxylic acids is 2. The summed E-state index contributed by atoms with van der Waals surface area (Å²) in [5, 5.41) is 2.46. The molecule has 0 spiro atoms. The standard InChI is InChI=1S/C16H25N3O5S/c1-16(2,3)19-25(22,23)13-8-7-12(24-13)15(21)18-11-6-4-5-10(9-11)14(17)20/h7-8,10-11,19H,4-6,9H2,1-3H3,(H2,17,20)(H,18,21)/t10-,11-/m1/s1. The van der Waals surface area contributed by atoms with Gasteiger partial charge in [0.2, 0.25) is 11.0 Å². The topological polar surface area (TPSA) is 132 Å². The van der Waals surface area contributed by atoms with Crippen LogP contribution in [0.4, 0.5) is 0 Å². The van der Waals surface area contributed by atoms with Gasteiger partial charge in [0.25, 0.3) is 15.9 Å². The van der Waals surface area contributed by atoms with Crippen LogP contribution >= 0.6 is 0 Å². The second kappa shape index (κ2) is 7.17. The molecule has 0 unspecified atom stereocenters. The Morgan fingerprint density at radius 2 is 1.92 bits per heavy atom. The lowest BCUT2D eigenvalue weighted by Crippen LogP contribution is -2.41. The van der Waals surface area contributed by atoms with Gasteiger partial charge in [0.1, 0.15) is 0 Å². The third-order valence-corrected chi connectivity index (χ3v) is 5.55. The molecule has 2 rings (SSSR count). The first-order valence-electron chi connectivity index (χ1n) is 8.22. The summed E-state index contributed by atoms with van der Waals surface area (Å²) in [5.74, 6) is -1.20. The van der Waals surface area contributed by atoms with E-state index in [9.17, 15) is 18.0 Å². The smallest absolute Gasteiger partial charge is 0.287 e. The van der Waals surface area contributed by atoms with Crippen LogP contribution in [-0.2, 0) is 14.8 Å². The van der Waals surface area contributed by atoms with Crippen LogP contribution in [0.3, 0.4) is 0 Å². The summed E-state index contributed by atoms with van der Waals surface area (Å²) in [6.07, 6.45) is 2.75. The zero-order chi connectivity index (χ0) is 18.8. The van der Waals surface area contributed by atoms with Crippen LogP contribution in [-0.4, -0.2) is 31.8 Å². The third-order valence-electron chi connectivity index (χ3n) is 3.92. The summed E-state index contributed by atoms with van der Waals surface area (Å²) in [6.45, 7) is 5.12. The molecule has 1 aromatic heterocycles. The normalized spacial score (nSPS) is 21.7. The van der Waals surface area contributed by atoms with Gasteiger partial charge in [0.05, 0.1) is 0 Å². The molecule has 4 N–H and O–H groups in total. The number of nitrogens with one attached hydrogen (secondary N) is 2. The van der Waals surface area contributed by atoms with Crippen molar-refractivity contribution in [2.75, 3.05) is 0 Å². The molecule has 0 radical (unpaired) electrons. The van der Waals surface area contributed by atoms with Gasteiger partial charge < -0.3 is 15.5 Å². The first kappa shape index (κ1) is 19.5. The summed E-state index contributed by atoms with van der Waals surface area (Å²) in [5.41, 5.74) is 4.66. The molecule has 1 fully saturated rings. The summed E-state index contributed by atoms with van der Waals surface area (Å²) in [7, 11) is -3.84. The molecule has 25 heavy (non-hydrogen) atoms. The monoisotopic (exact) mass is 371 g/mol. The maximum atomic E-state index is 12.3. The number of primary amides is 1. The molecule has 2 atom stereocenters. The lowest BCUT2D eigenvalue weighted by Gasteiger charge is -2.27. The molecule has 1 aliphatic carbocycles. The van der Waals surface area contributed by atoms with E-state index in [1.54, 1.807) is 20.8 Å². The van der Waals surface area contributed by atoms with Crippen LogP contribution in [0.2, 0.25) is 0 Å². The van der Waals surface area contributed by atoms with E-state index in [-0.39, 0.29) is 28.7 Å². The van der Waals surface area contributed by atoms with Crippen molar-refractivity contribution in [2.45, 2.75) is 63.1 Å². The number of nitrogens with two attached hydrogens (primary N) is 1. The minimum atomic E-state index is -3.84. The fraction of sp³-hybridized carbons (Fsp3) is 0.625. The molecule has 1 aliphatic rings. The number of hydrogen-bond donors (Lipinski definition) is 3. The molecule has 2 amide bonds. The molecule has 0 aliphatic heterocycles. The molecule has 1 heterocycles. The molecule has 0 aromatic carbocycles. The SMILES string of the molecule is CC(C)(C)NS(=O)(=O)c1ccc(C(=O)N[C@@H]2CCC[C@@H](C(N)=O)C2)o1. The Balaban J connectivity index is 2.04. The quantitative estimate of drug-likeness (QED) is 0.714. The van der Waals surface area contributed by atoms with Gasteiger partial charge in [-0.15, -0.1) is 0 Å². The van der Waals surface area contributed by atoms with Crippen molar-refractivity contribution in [1.82, 2.24) is 10.0 Å². The van der Waals surface area contributed by atoms with E-state index in [4.69, 9.17) is 10.2 Å². The van der Waals surface area contributed by atoms with Crippen LogP contribution in [0.15, 0.2) is 21.6 Å². The van der Waals surface area contributed by atoms with Crippen molar-refractivity contribution in [3.05, 3.63) is 17.9 Å². The van der Waals surface area contributed by atoms with Crippen molar-refractivity contribution >= 4 is 21.8 Å². The van der Waals surface area contributed by atoms with E-state index < -0.39 is 21.5 Å². The largest absolute Gasteiger partial charge is 0.438 e. The van der Waals surface area contributed by atoms with Gasteiger partial charge in [-0.05, 0) is 52.2 Å². The fourth-order valence-corrected chi connectivity index (χ4v) is 4.23. The maximum Gasteiger partial charge on any atom is 0.287 e. The van der Waals surface area contributed by atoms with Gasteiger partial charge in [-0.25, -0.2) is 13.1 Å². The molecule has 8 nitrogen and oxygen atoms in total. The Bertz CT molecular complexity index is 748. The summed E-state index contributed by atoms with van der Waals surface area (Å²) in [4.78, 5) is 23.6. The number of furan rings is 1. The van der Waals surface area contributed by atoms with Crippen LogP contribution in [0.25, 0.3) is 0 Å². The third kappa shape index (κ3) is 5.30. The van der Waals surface area contributed by atoms with Crippen LogP contribution in [0.5, 0.6) is 0 Å². The zero-order valence-electron chi connectivity index (χ0n) is 14.7. The highest BCUT2D eigenvalue weighted by molar-refractivity contribution is 7.89. The lowest BCUT2D eigenvalue weighted by molar-refractivity contribution is -0.122. The van der Waals surface area contributed by atoms with Crippen LogP contribution < -0.4 is 15.8 Å². The lowest BCUT2D eigenvalue weighted by atomic mass is 9.85. The highest BCUT2D eigenvalue weighted by atomic mass is 32.2. The predicted octanol–water partition coefficient (Wildman–Crippen LogP) is 1.13. The van der Waals surface area contributed by atoms with Gasteiger partial charge in [-0.2, -0.15) is 0 Å². The molecule has 0 saturated heterocycles. The molecule has 1 aromatic rings. The molecule has 9 heteroatoms. The minimum absolute atomic E-state index is 0.0875. The Kier molecular flexibility index (Phi) is 5.58. The first-order chi connectivity index (χ1) is 11.5. The van der Waals surface area contributed by atoms with Gasteiger partial charge in [-0.1, -0.05) is 6.42 Å². The molecular weight excluding hydrogens is 346 g/mol. The number of amides is 2. The van der Waals surface area contributed by atoms with Crippen molar-refractivity contribution < 1.29 is 22.4 Å². The number of carbonyl (C=O) groups is 2. The zero-order valence-corrected chi connectivity index (χ0v) is 15.5. The van der Waals surface area contributed by atoms with Gasteiger partial charge in [0.15, 0.2) is 5.76 Å². The highest BCUT2D eigenvalue weighted by Gasteiger charge is 2.29. The average molecular weight is 371 g/mol. The van der Waals surface area contributed by atoms with E-state index in [1.165, 1.54) is 12.1 Å². The van der Waals surface area contributed by atoms with E-state index in [0.717, 1.165) is 19.3 Å². The van der Waals surface area contributed by atoms with E-state index >= 15 is 0 Å². The maximum absolute atomic E-state index is 12.3. The summed E-state index contributed by atoms with van der Waals surface area (Å²) < 4.78 is 32.1. The molecule has 0 bridgehead atoms. The van der Waals surface area contributed by atoms with E-state index in [0.29, 0.717) is 6.42 Å². The van der Waals surface area contributed by atoms with Crippen molar-refractivity contribution in [3.63, 3.8) is 0 Å². The van der Waals surface area contributed by atoms with Gasteiger partial charge >= 0.3 is 0 Å². The summed E-state index contributed by atoms with van der Waals surface area (Å²) in [6, 6.07) is 2.38. The number of rotatable bonds is 5. The van der Waals surface area contributed by atoms with Gasteiger partial charge in [0, 0.05) is 17.5 Å². The minimum Gasteiger partial charge on any atom is -0.438 e. The second-order valence-electron chi connectivity index (χ2n) is 7.41. The van der Waals surface area contributed by atoms with E-state index in [1.807, 2.05) is 0 Å². The first-order valence-corrected chi connectivity index (χ1v) is 9.70. The van der Waals surface area contributed by atoms with Gasteiger partial charge in [-0.3, -0.25) is 9.59 Å². The Hall–Kier alpha value is -1.87.